The molecule has 0 fully saturated rings. The second-order valence-electron chi connectivity index (χ2n) is 6.21. The zero-order chi connectivity index (χ0) is 18.7. The minimum absolute atomic E-state index is 0.416. The number of anilines is 1. The van der Waals surface area contributed by atoms with Crippen LogP contribution in [0.1, 0.15) is 28.4 Å². The summed E-state index contributed by atoms with van der Waals surface area (Å²) < 4.78 is 16.2. The minimum atomic E-state index is -0.935. The van der Waals surface area contributed by atoms with Crippen LogP contribution >= 0.6 is 0 Å². The van der Waals surface area contributed by atoms with Crippen molar-refractivity contribution in [1.29, 1.82) is 0 Å². The number of esters is 1. The Morgan fingerprint density at radius 1 is 1.04 bits per heavy atom. The number of amides is 1. The van der Waals surface area contributed by atoms with E-state index in [1.54, 1.807) is 24.3 Å². The summed E-state index contributed by atoms with van der Waals surface area (Å²) in [5, 5.41) is 2.72. The Bertz CT molecular complexity index is 846. The van der Waals surface area contributed by atoms with Gasteiger partial charge in [0.15, 0.2) is 17.6 Å². The van der Waals surface area contributed by atoms with Crippen LogP contribution in [0.4, 0.5) is 5.69 Å². The van der Waals surface area contributed by atoms with Crippen molar-refractivity contribution in [2.45, 2.75) is 26.9 Å². The fourth-order valence-electron chi connectivity index (χ4n) is 2.60. The number of rotatable bonds is 4. The molecule has 1 aliphatic rings. The number of hydrogen-bond donors (Lipinski definition) is 1. The summed E-state index contributed by atoms with van der Waals surface area (Å²) in [6.07, 6.45) is -0.935. The minimum Gasteiger partial charge on any atom is -0.486 e. The van der Waals surface area contributed by atoms with E-state index in [0.29, 0.717) is 36.0 Å². The Hall–Kier alpha value is -3.02. The SMILES string of the molecule is Cc1ccc(C)c(C(=O)O[C@@H](C)C(=O)Nc2ccc3c(c2)OCCO3)c1. The molecule has 26 heavy (non-hydrogen) atoms. The molecule has 0 saturated carbocycles. The molecule has 1 heterocycles. The van der Waals surface area contributed by atoms with E-state index >= 15 is 0 Å². The Morgan fingerprint density at radius 2 is 1.77 bits per heavy atom. The van der Waals surface area contributed by atoms with Gasteiger partial charge in [0.2, 0.25) is 0 Å². The number of nitrogens with one attached hydrogen (secondary N) is 1. The molecule has 0 radical (unpaired) electrons. The van der Waals surface area contributed by atoms with Gasteiger partial charge in [-0.3, -0.25) is 4.79 Å². The molecular weight excluding hydrogens is 334 g/mol. The predicted molar refractivity (Wildman–Crippen MR) is 96.9 cm³/mol. The van der Waals surface area contributed by atoms with Crippen LogP contribution in [0.2, 0.25) is 0 Å². The number of benzene rings is 2. The van der Waals surface area contributed by atoms with Gasteiger partial charge in [0.25, 0.3) is 5.91 Å². The molecule has 6 heteroatoms. The van der Waals surface area contributed by atoms with Gasteiger partial charge in [-0.05, 0) is 44.5 Å². The molecule has 0 bridgehead atoms. The molecule has 2 aromatic carbocycles. The second-order valence-corrected chi connectivity index (χ2v) is 6.21. The van der Waals surface area contributed by atoms with Crippen LogP contribution in [0.25, 0.3) is 0 Å². The average molecular weight is 355 g/mol. The fraction of sp³-hybridized carbons (Fsp3) is 0.300. The fourth-order valence-corrected chi connectivity index (χ4v) is 2.60. The van der Waals surface area contributed by atoms with E-state index in [1.165, 1.54) is 6.92 Å². The molecule has 0 aromatic heterocycles. The van der Waals surface area contributed by atoms with Crippen LogP contribution in [0, 0.1) is 13.8 Å². The number of carbonyl (C=O) groups excluding carboxylic acids is 2. The largest absolute Gasteiger partial charge is 0.486 e. The maximum Gasteiger partial charge on any atom is 0.339 e. The zero-order valence-electron chi connectivity index (χ0n) is 15.0. The highest BCUT2D eigenvalue weighted by atomic mass is 16.6. The van der Waals surface area contributed by atoms with Crippen LogP contribution in [-0.2, 0) is 9.53 Å². The van der Waals surface area contributed by atoms with Crippen molar-refractivity contribution >= 4 is 17.6 Å². The first-order valence-corrected chi connectivity index (χ1v) is 8.43. The van der Waals surface area contributed by atoms with Crippen LogP contribution < -0.4 is 14.8 Å². The molecule has 1 N–H and O–H groups in total. The second kappa shape index (κ2) is 7.47. The van der Waals surface area contributed by atoms with Gasteiger partial charge in [-0.1, -0.05) is 17.7 Å². The van der Waals surface area contributed by atoms with Crippen molar-refractivity contribution in [1.82, 2.24) is 0 Å². The maximum absolute atomic E-state index is 12.3. The van der Waals surface area contributed by atoms with E-state index in [4.69, 9.17) is 14.2 Å². The summed E-state index contributed by atoms with van der Waals surface area (Å²) in [6.45, 7) is 6.24. The van der Waals surface area contributed by atoms with Gasteiger partial charge in [-0.25, -0.2) is 4.79 Å². The molecule has 0 unspecified atom stereocenters. The molecule has 2 aromatic rings. The summed E-state index contributed by atoms with van der Waals surface area (Å²) in [5.41, 5.74) is 2.77. The first-order chi connectivity index (χ1) is 12.4. The number of ether oxygens (including phenoxy) is 3. The van der Waals surface area contributed by atoms with Gasteiger partial charge >= 0.3 is 5.97 Å². The van der Waals surface area contributed by atoms with Crippen molar-refractivity contribution in [3.05, 3.63) is 53.1 Å². The molecule has 0 saturated heterocycles. The third-order valence-electron chi connectivity index (χ3n) is 4.08. The van der Waals surface area contributed by atoms with Crippen LogP contribution in [0.5, 0.6) is 11.5 Å². The van der Waals surface area contributed by atoms with Crippen LogP contribution in [0.3, 0.4) is 0 Å². The summed E-state index contributed by atoms with van der Waals surface area (Å²) >= 11 is 0. The summed E-state index contributed by atoms with van der Waals surface area (Å²) in [5.74, 6) is 0.286. The molecule has 136 valence electrons. The Kier molecular flexibility index (Phi) is 5.11. The van der Waals surface area contributed by atoms with Crippen molar-refractivity contribution < 1.29 is 23.8 Å². The number of carbonyl (C=O) groups is 2. The topological polar surface area (TPSA) is 73.9 Å². The van der Waals surface area contributed by atoms with Crippen molar-refractivity contribution in [3.8, 4) is 11.5 Å². The zero-order valence-corrected chi connectivity index (χ0v) is 15.0. The normalized spacial score (nSPS) is 13.7. The average Bonchev–Trinajstić information content (AvgIpc) is 2.63. The third kappa shape index (κ3) is 3.96. The monoisotopic (exact) mass is 355 g/mol. The highest BCUT2D eigenvalue weighted by Gasteiger charge is 2.21. The molecule has 0 spiro atoms. The summed E-state index contributed by atoms with van der Waals surface area (Å²) in [6, 6.07) is 10.7. The van der Waals surface area contributed by atoms with E-state index in [1.807, 2.05) is 26.0 Å². The lowest BCUT2D eigenvalue weighted by molar-refractivity contribution is -0.123. The Balaban J connectivity index is 1.64. The molecular formula is C20H21NO5. The van der Waals surface area contributed by atoms with E-state index in [0.717, 1.165) is 11.1 Å². The highest BCUT2D eigenvalue weighted by Crippen LogP contribution is 2.32. The number of aryl methyl sites for hydroxylation is 2. The molecule has 6 nitrogen and oxygen atoms in total. The Labute approximate surface area is 152 Å². The van der Waals surface area contributed by atoms with Crippen LogP contribution in [0.15, 0.2) is 36.4 Å². The van der Waals surface area contributed by atoms with Gasteiger partial charge in [0, 0.05) is 11.8 Å². The smallest absolute Gasteiger partial charge is 0.339 e. The molecule has 0 aliphatic carbocycles. The highest BCUT2D eigenvalue weighted by molar-refractivity contribution is 5.98. The first-order valence-electron chi connectivity index (χ1n) is 8.43. The lowest BCUT2D eigenvalue weighted by Crippen LogP contribution is -2.30. The summed E-state index contributed by atoms with van der Waals surface area (Å²) in [4.78, 5) is 24.7. The molecule has 3 rings (SSSR count). The van der Waals surface area contributed by atoms with E-state index in [2.05, 4.69) is 5.32 Å². The van der Waals surface area contributed by atoms with Crippen molar-refractivity contribution in [2.24, 2.45) is 0 Å². The predicted octanol–water partition coefficient (Wildman–Crippen LogP) is 3.26. The van der Waals surface area contributed by atoms with Gasteiger partial charge in [0.05, 0.1) is 5.56 Å². The standard InChI is InChI=1S/C20H21NO5/c1-12-4-5-13(2)16(10-12)20(23)26-14(3)19(22)21-15-6-7-17-18(11-15)25-9-8-24-17/h4-7,10-11,14H,8-9H2,1-3H3,(H,21,22)/t14-/m0/s1. The Morgan fingerprint density at radius 3 is 2.54 bits per heavy atom. The summed E-state index contributed by atoms with van der Waals surface area (Å²) in [7, 11) is 0. The van der Waals surface area contributed by atoms with Gasteiger partial charge in [-0.15, -0.1) is 0 Å². The number of fused-ring (bicyclic) bond motifs is 1. The molecule has 1 atom stereocenters. The quantitative estimate of drug-likeness (QED) is 0.852. The van der Waals surface area contributed by atoms with Gasteiger partial charge in [0.1, 0.15) is 13.2 Å². The van der Waals surface area contributed by atoms with Gasteiger partial charge in [-0.2, -0.15) is 0 Å². The van der Waals surface area contributed by atoms with Crippen molar-refractivity contribution in [3.63, 3.8) is 0 Å². The van der Waals surface area contributed by atoms with Crippen LogP contribution in [-0.4, -0.2) is 31.2 Å². The van der Waals surface area contributed by atoms with E-state index < -0.39 is 18.0 Å². The van der Waals surface area contributed by atoms with Gasteiger partial charge < -0.3 is 19.5 Å². The number of hydrogen-bond acceptors (Lipinski definition) is 5. The molecule has 1 aliphatic heterocycles. The maximum atomic E-state index is 12.3. The van der Waals surface area contributed by atoms with E-state index in [9.17, 15) is 9.59 Å². The molecule has 1 amide bonds. The van der Waals surface area contributed by atoms with Crippen molar-refractivity contribution in [2.75, 3.05) is 18.5 Å². The lowest BCUT2D eigenvalue weighted by atomic mass is 10.1. The third-order valence-corrected chi connectivity index (χ3v) is 4.08. The lowest BCUT2D eigenvalue weighted by Gasteiger charge is -2.19. The first kappa shape index (κ1) is 17.8. The van der Waals surface area contributed by atoms with E-state index in [-0.39, 0.29) is 0 Å².